The molecule has 1 aliphatic heterocycles. The van der Waals surface area contributed by atoms with Crippen LogP contribution in [0, 0.1) is 5.92 Å². The molecule has 1 saturated carbocycles. The Kier molecular flexibility index (Phi) is 8.55. The van der Waals surface area contributed by atoms with Crippen molar-refractivity contribution in [2.24, 2.45) is 5.92 Å². The van der Waals surface area contributed by atoms with Crippen LogP contribution in [-0.2, 0) is 11.3 Å². The van der Waals surface area contributed by atoms with Crippen molar-refractivity contribution in [3.63, 3.8) is 0 Å². The second-order valence-electron chi connectivity index (χ2n) is 9.04. The minimum atomic E-state index is -0.105. The molecule has 30 heavy (non-hydrogen) atoms. The predicted molar refractivity (Wildman–Crippen MR) is 120 cm³/mol. The van der Waals surface area contributed by atoms with Crippen molar-refractivity contribution in [1.29, 1.82) is 0 Å². The Labute approximate surface area is 181 Å². The van der Waals surface area contributed by atoms with Crippen LogP contribution in [0.15, 0.2) is 30.3 Å². The number of piperidine rings is 1. The molecule has 166 valence electrons. The number of rotatable bonds is 7. The van der Waals surface area contributed by atoms with Gasteiger partial charge >= 0.3 is 6.03 Å². The first-order chi connectivity index (χ1) is 14.5. The van der Waals surface area contributed by atoms with Crippen LogP contribution in [-0.4, -0.2) is 60.5 Å². The van der Waals surface area contributed by atoms with Crippen molar-refractivity contribution in [2.75, 3.05) is 26.7 Å². The molecule has 1 aromatic carbocycles. The Morgan fingerprint density at radius 3 is 2.40 bits per heavy atom. The lowest BCUT2D eigenvalue weighted by Crippen LogP contribution is -2.51. The Hall–Kier alpha value is -2.08. The maximum Gasteiger partial charge on any atom is 0.315 e. The number of benzene rings is 1. The number of urea groups is 1. The standard InChI is InChI=1S/C24H38N4O2/c1-19(27(2)18-20-9-5-3-6-10-20)17-25-24(30)26-22-13-15-28(16-14-22)23(29)21-11-7-4-8-12-21/h3,5-6,9-10,19,21-22H,4,7-8,11-18H2,1-2H3,(H2,25,26,30). The number of nitrogens with zero attached hydrogens (tertiary/aromatic N) is 2. The van der Waals surface area contributed by atoms with Crippen LogP contribution in [0.3, 0.4) is 0 Å². The van der Waals surface area contributed by atoms with Gasteiger partial charge in [0.25, 0.3) is 0 Å². The molecule has 0 aromatic heterocycles. The molecule has 3 amide bonds. The molecule has 6 nitrogen and oxygen atoms in total. The van der Waals surface area contributed by atoms with Gasteiger partial charge in [0.1, 0.15) is 0 Å². The second kappa shape index (κ2) is 11.3. The summed E-state index contributed by atoms with van der Waals surface area (Å²) in [5, 5.41) is 6.11. The number of likely N-dealkylation sites (N-methyl/N-ethyl adjacent to an activating group) is 1. The van der Waals surface area contributed by atoms with Gasteiger partial charge in [0, 0.05) is 44.2 Å². The number of hydrogen-bond donors (Lipinski definition) is 2. The topological polar surface area (TPSA) is 64.7 Å². The zero-order valence-electron chi connectivity index (χ0n) is 18.6. The zero-order valence-corrected chi connectivity index (χ0v) is 18.6. The molecule has 0 bridgehead atoms. The molecular weight excluding hydrogens is 376 g/mol. The van der Waals surface area contributed by atoms with E-state index in [9.17, 15) is 9.59 Å². The number of carbonyl (C=O) groups is 2. The third-order valence-electron chi connectivity index (χ3n) is 6.68. The Morgan fingerprint density at radius 2 is 1.73 bits per heavy atom. The molecule has 1 heterocycles. The fraction of sp³-hybridized carbons (Fsp3) is 0.667. The van der Waals surface area contributed by atoms with Gasteiger partial charge < -0.3 is 15.5 Å². The van der Waals surface area contributed by atoms with E-state index in [1.807, 2.05) is 23.1 Å². The van der Waals surface area contributed by atoms with Gasteiger partial charge in [-0.25, -0.2) is 4.79 Å². The molecule has 6 heteroatoms. The number of hydrogen-bond acceptors (Lipinski definition) is 3. The van der Waals surface area contributed by atoms with Crippen molar-refractivity contribution in [2.45, 2.75) is 70.5 Å². The van der Waals surface area contributed by atoms with E-state index in [1.54, 1.807) is 0 Å². The quantitative estimate of drug-likeness (QED) is 0.719. The summed E-state index contributed by atoms with van der Waals surface area (Å²) in [6.07, 6.45) is 7.43. The van der Waals surface area contributed by atoms with E-state index in [-0.39, 0.29) is 24.0 Å². The lowest BCUT2D eigenvalue weighted by atomic mass is 9.87. The lowest BCUT2D eigenvalue weighted by molar-refractivity contribution is -0.137. The lowest BCUT2D eigenvalue weighted by Gasteiger charge is -2.35. The van der Waals surface area contributed by atoms with Crippen LogP contribution >= 0.6 is 0 Å². The van der Waals surface area contributed by atoms with Gasteiger partial charge in [-0.2, -0.15) is 0 Å². The Morgan fingerprint density at radius 1 is 1.07 bits per heavy atom. The molecule has 1 aromatic rings. The summed E-state index contributed by atoms with van der Waals surface area (Å²) in [5.74, 6) is 0.578. The second-order valence-corrected chi connectivity index (χ2v) is 9.04. The summed E-state index contributed by atoms with van der Waals surface area (Å²) in [7, 11) is 2.08. The van der Waals surface area contributed by atoms with Crippen LogP contribution in [0.25, 0.3) is 0 Å². The van der Waals surface area contributed by atoms with Crippen molar-refractivity contribution in [3.8, 4) is 0 Å². The Balaban J connectivity index is 1.33. The highest BCUT2D eigenvalue weighted by Gasteiger charge is 2.29. The van der Waals surface area contributed by atoms with Crippen molar-refractivity contribution in [1.82, 2.24) is 20.4 Å². The van der Waals surface area contributed by atoms with Crippen molar-refractivity contribution >= 4 is 11.9 Å². The van der Waals surface area contributed by atoms with Crippen molar-refractivity contribution in [3.05, 3.63) is 35.9 Å². The highest BCUT2D eigenvalue weighted by molar-refractivity contribution is 5.79. The smallest absolute Gasteiger partial charge is 0.315 e. The largest absolute Gasteiger partial charge is 0.342 e. The van der Waals surface area contributed by atoms with E-state index in [0.29, 0.717) is 12.5 Å². The molecule has 2 N–H and O–H groups in total. The summed E-state index contributed by atoms with van der Waals surface area (Å²) in [4.78, 5) is 29.3. The average molecular weight is 415 g/mol. The maximum atomic E-state index is 12.7. The molecule has 0 spiro atoms. The van der Waals surface area contributed by atoms with E-state index in [0.717, 1.165) is 45.3 Å². The van der Waals surface area contributed by atoms with Gasteiger partial charge in [-0.05, 0) is 45.2 Å². The molecule has 1 saturated heterocycles. The first-order valence-corrected chi connectivity index (χ1v) is 11.6. The van der Waals surface area contributed by atoms with Gasteiger partial charge in [0.2, 0.25) is 5.91 Å². The van der Waals surface area contributed by atoms with Gasteiger partial charge in [-0.15, -0.1) is 0 Å². The fourth-order valence-corrected chi connectivity index (χ4v) is 4.51. The molecule has 1 atom stereocenters. The fourth-order valence-electron chi connectivity index (χ4n) is 4.51. The molecular formula is C24H38N4O2. The third-order valence-corrected chi connectivity index (χ3v) is 6.68. The summed E-state index contributed by atoms with van der Waals surface area (Å²) in [6.45, 7) is 5.11. The van der Waals surface area contributed by atoms with Crippen LogP contribution < -0.4 is 10.6 Å². The van der Waals surface area contributed by atoms with E-state index < -0.39 is 0 Å². The van der Waals surface area contributed by atoms with Crippen LogP contribution in [0.5, 0.6) is 0 Å². The molecule has 3 rings (SSSR count). The summed E-state index contributed by atoms with van der Waals surface area (Å²) in [6, 6.07) is 10.6. The van der Waals surface area contributed by atoms with Gasteiger partial charge in [0.05, 0.1) is 0 Å². The molecule has 1 aliphatic carbocycles. The minimum Gasteiger partial charge on any atom is -0.342 e. The van der Waals surface area contributed by atoms with Crippen LogP contribution in [0.4, 0.5) is 4.79 Å². The van der Waals surface area contributed by atoms with Gasteiger partial charge in [-0.3, -0.25) is 9.69 Å². The van der Waals surface area contributed by atoms with Crippen LogP contribution in [0.2, 0.25) is 0 Å². The number of nitrogens with one attached hydrogen (secondary N) is 2. The first-order valence-electron chi connectivity index (χ1n) is 11.6. The highest BCUT2D eigenvalue weighted by atomic mass is 16.2. The molecule has 1 unspecified atom stereocenters. The number of amides is 3. The SMILES string of the molecule is CC(CNC(=O)NC1CCN(C(=O)C2CCCCC2)CC1)N(C)Cc1ccccc1. The Bertz CT molecular complexity index is 667. The molecule has 2 aliphatic rings. The first kappa shape index (κ1) is 22.6. The average Bonchev–Trinajstić information content (AvgIpc) is 2.78. The van der Waals surface area contributed by atoms with Crippen molar-refractivity contribution < 1.29 is 9.59 Å². The van der Waals surface area contributed by atoms with E-state index >= 15 is 0 Å². The zero-order chi connectivity index (χ0) is 21.3. The van der Waals surface area contributed by atoms with E-state index in [4.69, 9.17) is 0 Å². The third kappa shape index (κ3) is 6.73. The maximum absolute atomic E-state index is 12.7. The normalized spacial score (nSPS) is 19.5. The van der Waals surface area contributed by atoms with E-state index in [2.05, 4.69) is 41.6 Å². The highest BCUT2D eigenvalue weighted by Crippen LogP contribution is 2.26. The predicted octanol–water partition coefficient (Wildman–Crippen LogP) is 3.38. The summed E-state index contributed by atoms with van der Waals surface area (Å²) >= 11 is 0. The van der Waals surface area contributed by atoms with E-state index in [1.165, 1.54) is 24.8 Å². The monoisotopic (exact) mass is 414 g/mol. The summed E-state index contributed by atoms with van der Waals surface area (Å²) in [5.41, 5.74) is 1.27. The summed E-state index contributed by atoms with van der Waals surface area (Å²) < 4.78 is 0. The molecule has 2 fully saturated rings. The van der Waals surface area contributed by atoms with Gasteiger partial charge in [-0.1, -0.05) is 49.6 Å². The minimum absolute atomic E-state index is 0.105. The molecule has 0 radical (unpaired) electrons. The van der Waals surface area contributed by atoms with Gasteiger partial charge in [0.15, 0.2) is 0 Å². The number of carbonyl (C=O) groups excluding carboxylic acids is 2. The van der Waals surface area contributed by atoms with Crippen LogP contribution in [0.1, 0.15) is 57.4 Å². The number of likely N-dealkylation sites (tertiary alicyclic amines) is 1.